The summed E-state index contributed by atoms with van der Waals surface area (Å²) in [4.78, 5) is 16.2. The Balaban J connectivity index is 1.79. The van der Waals surface area contributed by atoms with Gasteiger partial charge in [-0.05, 0) is 40.2 Å². The van der Waals surface area contributed by atoms with Crippen molar-refractivity contribution < 1.29 is 4.79 Å². The minimum atomic E-state index is -0.305. The predicted octanol–water partition coefficient (Wildman–Crippen LogP) is 3.28. The molecule has 0 saturated heterocycles. The molecule has 0 bridgehead atoms. The quantitative estimate of drug-likeness (QED) is 0.794. The molecule has 1 N–H and O–H groups in total. The Labute approximate surface area is 129 Å². The van der Waals surface area contributed by atoms with Crippen LogP contribution in [0.4, 0.5) is 5.82 Å². The number of anilines is 1. The van der Waals surface area contributed by atoms with Crippen LogP contribution in [0.2, 0.25) is 0 Å². The van der Waals surface area contributed by atoms with Gasteiger partial charge in [-0.1, -0.05) is 18.2 Å². The van der Waals surface area contributed by atoms with Gasteiger partial charge < -0.3 is 5.32 Å². The fourth-order valence-corrected chi connectivity index (χ4v) is 2.28. The lowest BCUT2D eigenvalue weighted by Gasteiger charge is -2.03. The summed E-state index contributed by atoms with van der Waals surface area (Å²) in [5.74, 6) is 0.169. The van der Waals surface area contributed by atoms with Crippen molar-refractivity contribution >= 4 is 27.7 Å². The van der Waals surface area contributed by atoms with Gasteiger partial charge in [0.05, 0.1) is 5.69 Å². The molecule has 0 unspecified atom stereocenters. The molecule has 3 rings (SSSR count). The Hall–Kier alpha value is -2.47. The van der Waals surface area contributed by atoms with Crippen molar-refractivity contribution in [1.29, 1.82) is 0 Å². The third-order valence-electron chi connectivity index (χ3n) is 2.82. The van der Waals surface area contributed by atoms with Crippen molar-refractivity contribution in [2.75, 3.05) is 5.32 Å². The van der Waals surface area contributed by atoms with E-state index in [2.05, 4.69) is 31.3 Å². The lowest BCUT2D eigenvalue weighted by atomic mass is 10.3. The van der Waals surface area contributed by atoms with E-state index >= 15 is 0 Å². The number of halogens is 1. The molecule has 0 aliphatic carbocycles. The molecule has 0 atom stereocenters. The molecular formula is C15H11BrN4O. The number of hydrogen-bond acceptors (Lipinski definition) is 3. The Morgan fingerprint density at radius 1 is 1.10 bits per heavy atom. The first-order chi connectivity index (χ1) is 10.2. The van der Waals surface area contributed by atoms with Gasteiger partial charge in [-0.15, -0.1) is 0 Å². The molecule has 0 radical (unpaired) electrons. The number of carbonyl (C=O) groups is 1. The van der Waals surface area contributed by atoms with Gasteiger partial charge in [0.25, 0.3) is 5.91 Å². The van der Waals surface area contributed by atoms with Gasteiger partial charge in [-0.3, -0.25) is 4.79 Å². The predicted molar refractivity (Wildman–Crippen MR) is 83.5 cm³/mol. The summed E-state index contributed by atoms with van der Waals surface area (Å²) in [5.41, 5.74) is 1.25. The summed E-state index contributed by atoms with van der Waals surface area (Å²) in [5, 5.41) is 7.04. The van der Waals surface area contributed by atoms with Crippen LogP contribution in [-0.2, 0) is 0 Å². The highest BCUT2D eigenvalue weighted by atomic mass is 79.9. The molecule has 1 aromatic carbocycles. The number of rotatable bonds is 3. The third kappa shape index (κ3) is 3.00. The Kier molecular flexibility index (Phi) is 3.79. The number of para-hydroxylation sites is 1. The molecule has 0 aliphatic heterocycles. The minimum absolute atomic E-state index is 0.305. The molecule has 0 aliphatic rings. The first kappa shape index (κ1) is 13.5. The monoisotopic (exact) mass is 342 g/mol. The van der Waals surface area contributed by atoms with Gasteiger partial charge in [-0.25, -0.2) is 9.67 Å². The highest BCUT2D eigenvalue weighted by molar-refractivity contribution is 9.10. The summed E-state index contributed by atoms with van der Waals surface area (Å²) in [6.45, 7) is 0. The van der Waals surface area contributed by atoms with Crippen LogP contribution in [0, 0.1) is 0 Å². The SMILES string of the molecule is O=C(Nc1ccn(-c2ccccc2)n1)c1ncccc1Br. The lowest BCUT2D eigenvalue weighted by molar-refractivity contribution is 0.102. The van der Waals surface area contributed by atoms with Crippen LogP contribution in [0.3, 0.4) is 0 Å². The summed E-state index contributed by atoms with van der Waals surface area (Å²) >= 11 is 3.30. The molecule has 0 fully saturated rings. The Morgan fingerprint density at radius 2 is 1.90 bits per heavy atom. The maximum atomic E-state index is 12.1. The zero-order valence-electron chi connectivity index (χ0n) is 10.9. The molecule has 2 heterocycles. The van der Waals surface area contributed by atoms with E-state index < -0.39 is 0 Å². The topological polar surface area (TPSA) is 59.8 Å². The first-order valence-corrected chi connectivity index (χ1v) is 7.06. The van der Waals surface area contributed by atoms with E-state index in [0.717, 1.165) is 5.69 Å². The summed E-state index contributed by atoms with van der Waals surface area (Å²) in [6, 6.07) is 14.9. The zero-order valence-corrected chi connectivity index (χ0v) is 12.5. The van der Waals surface area contributed by atoms with E-state index in [4.69, 9.17) is 0 Å². The molecule has 2 aromatic heterocycles. The molecule has 21 heavy (non-hydrogen) atoms. The largest absolute Gasteiger partial charge is 0.304 e. The summed E-state index contributed by atoms with van der Waals surface area (Å²) < 4.78 is 2.34. The van der Waals surface area contributed by atoms with E-state index in [9.17, 15) is 4.79 Å². The Bertz CT molecular complexity index is 770. The average molecular weight is 343 g/mol. The maximum absolute atomic E-state index is 12.1. The number of pyridine rings is 1. The van der Waals surface area contributed by atoms with E-state index in [1.807, 2.05) is 30.3 Å². The molecule has 6 heteroatoms. The van der Waals surface area contributed by atoms with Gasteiger partial charge in [0, 0.05) is 22.9 Å². The van der Waals surface area contributed by atoms with Gasteiger partial charge in [-0.2, -0.15) is 5.10 Å². The number of aromatic nitrogens is 3. The van der Waals surface area contributed by atoms with Crippen molar-refractivity contribution in [1.82, 2.24) is 14.8 Å². The third-order valence-corrected chi connectivity index (χ3v) is 3.46. The highest BCUT2D eigenvalue weighted by Gasteiger charge is 2.12. The van der Waals surface area contributed by atoms with Crippen molar-refractivity contribution in [3.8, 4) is 5.69 Å². The van der Waals surface area contributed by atoms with Crippen molar-refractivity contribution in [2.24, 2.45) is 0 Å². The highest BCUT2D eigenvalue weighted by Crippen LogP contribution is 2.15. The summed E-state index contributed by atoms with van der Waals surface area (Å²) in [6.07, 6.45) is 3.36. The smallest absolute Gasteiger partial charge is 0.276 e. The average Bonchev–Trinajstić information content (AvgIpc) is 2.97. The van der Waals surface area contributed by atoms with Gasteiger partial charge >= 0.3 is 0 Å². The molecule has 0 saturated carbocycles. The standard InChI is InChI=1S/C15H11BrN4O/c16-12-7-4-9-17-14(12)15(21)18-13-8-10-20(19-13)11-5-2-1-3-6-11/h1-10H,(H,18,19,21). The fraction of sp³-hybridized carbons (Fsp3) is 0. The summed E-state index contributed by atoms with van der Waals surface area (Å²) in [7, 11) is 0. The first-order valence-electron chi connectivity index (χ1n) is 6.27. The van der Waals surface area contributed by atoms with Crippen LogP contribution >= 0.6 is 15.9 Å². The number of nitrogens with zero attached hydrogens (tertiary/aromatic N) is 3. The van der Waals surface area contributed by atoms with Crippen LogP contribution in [0.25, 0.3) is 5.69 Å². The van der Waals surface area contributed by atoms with Gasteiger partial charge in [0.1, 0.15) is 5.69 Å². The fourth-order valence-electron chi connectivity index (χ4n) is 1.84. The number of hydrogen-bond donors (Lipinski definition) is 1. The molecule has 104 valence electrons. The van der Waals surface area contributed by atoms with E-state index in [1.165, 1.54) is 0 Å². The maximum Gasteiger partial charge on any atom is 0.276 e. The van der Waals surface area contributed by atoms with Crippen molar-refractivity contribution in [3.05, 3.63) is 71.1 Å². The minimum Gasteiger partial charge on any atom is -0.304 e. The van der Waals surface area contributed by atoms with Crippen LogP contribution in [0.5, 0.6) is 0 Å². The molecule has 5 nitrogen and oxygen atoms in total. The second kappa shape index (κ2) is 5.88. The number of carbonyl (C=O) groups excluding carboxylic acids is 1. The normalized spacial score (nSPS) is 10.3. The molecule has 3 aromatic rings. The van der Waals surface area contributed by atoms with Crippen LogP contribution in [0.1, 0.15) is 10.5 Å². The van der Waals surface area contributed by atoms with Crippen molar-refractivity contribution in [2.45, 2.75) is 0 Å². The van der Waals surface area contributed by atoms with Gasteiger partial charge in [0.15, 0.2) is 5.82 Å². The van der Waals surface area contributed by atoms with Crippen LogP contribution < -0.4 is 5.32 Å². The second-order valence-electron chi connectivity index (χ2n) is 4.27. The van der Waals surface area contributed by atoms with E-state index in [0.29, 0.717) is 16.0 Å². The number of benzene rings is 1. The zero-order chi connectivity index (χ0) is 14.7. The van der Waals surface area contributed by atoms with Crippen LogP contribution in [-0.4, -0.2) is 20.7 Å². The molecule has 0 spiro atoms. The molecule has 1 amide bonds. The second-order valence-corrected chi connectivity index (χ2v) is 5.12. The Morgan fingerprint density at radius 3 is 2.67 bits per heavy atom. The van der Waals surface area contributed by atoms with Crippen LogP contribution in [0.15, 0.2) is 65.4 Å². The molecular weight excluding hydrogens is 332 g/mol. The lowest BCUT2D eigenvalue weighted by Crippen LogP contribution is -2.14. The van der Waals surface area contributed by atoms with Gasteiger partial charge in [0.2, 0.25) is 0 Å². The van der Waals surface area contributed by atoms with E-state index in [1.54, 1.807) is 35.3 Å². The van der Waals surface area contributed by atoms with E-state index in [-0.39, 0.29) is 5.91 Å². The number of nitrogens with one attached hydrogen (secondary N) is 1. The number of amides is 1. The van der Waals surface area contributed by atoms with Crippen molar-refractivity contribution in [3.63, 3.8) is 0 Å².